The van der Waals surface area contributed by atoms with Crippen LogP contribution in [0.15, 0.2) is 0 Å². The lowest BCUT2D eigenvalue weighted by Crippen LogP contribution is -2.38. The second kappa shape index (κ2) is 8.06. The molecule has 0 unspecified atom stereocenters. The zero-order valence-electron chi connectivity index (χ0n) is 12.2. The van der Waals surface area contributed by atoms with Crippen LogP contribution in [0.5, 0.6) is 0 Å². The van der Waals surface area contributed by atoms with Crippen molar-refractivity contribution in [3.63, 3.8) is 0 Å². The van der Waals surface area contributed by atoms with Gasteiger partial charge in [-0.25, -0.2) is 0 Å². The molecule has 0 rings (SSSR count). The van der Waals surface area contributed by atoms with E-state index < -0.39 is 0 Å². The molecule has 0 aromatic carbocycles. The fraction of sp³-hybridized carbons (Fsp3) is 1.00. The molecule has 0 amide bonds. The van der Waals surface area contributed by atoms with Gasteiger partial charge in [0.05, 0.1) is 13.2 Å². The Hall–Kier alpha value is -0.120. The van der Waals surface area contributed by atoms with Gasteiger partial charge >= 0.3 is 0 Å². The van der Waals surface area contributed by atoms with Crippen LogP contribution in [0.4, 0.5) is 0 Å². The summed E-state index contributed by atoms with van der Waals surface area (Å²) in [4.78, 5) is 0. The highest BCUT2D eigenvalue weighted by Crippen LogP contribution is 2.29. The van der Waals surface area contributed by atoms with E-state index in [1.165, 1.54) is 0 Å². The first-order chi connectivity index (χ1) is 8.07. The minimum atomic E-state index is 0.155. The van der Waals surface area contributed by atoms with Crippen molar-refractivity contribution in [2.75, 3.05) is 26.3 Å². The molecule has 0 saturated heterocycles. The summed E-state index contributed by atoms with van der Waals surface area (Å²) in [5, 5.41) is 0. The SMILES string of the molecule is CCC(CC)(CN)COCC(CC)(CC)CN. The molecule has 0 heterocycles. The zero-order chi connectivity index (χ0) is 13.4. The Morgan fingerprint density at radius 1 is 0.706 bits per heavy atom. The molecule has 0 aliphatic rings. The highest BCUT2D eigenvalue weighted by atomic mass is 16.5. The molecule has 0 aromatic heterocycles. The summed E-state index contributed by atoms with van der Waals surface area (Å²) in [5.41, 5.74) is 12.1. The van der Waals surface area contributed by atoms with Crippen LogP contribution < -0.4 is 11.5 Å². The molecule has 0 radical (unpaired) electrons. The highest BCUT2D eigenvalue weighted by molar-refractivity contribution is 4.80. The van der Waals surface area contributed by atoms with Crippen molar-refractivity contribution in [1.82, 2.24) is 0 Å². The van der Waals surface area contributed by atoms with Crippen LogP contribution in [0, 0.1) is 10.8 Å². The number of ether oxygens (including phenoxy) is 1. The van der Waals surface area contributed by atoms with E-state index in [9.17, 15) is 0 Å². The van der Waals surface area contributed by atoms with Crippen molar-refractivity contribution in [3.05, 3.63) is 0 Å². The molecule has 0 aliphatic heterocycles. The fourth-order valence-corrected chi connectivity index (χ4v) is 2.09. The Kier molecular flexibility index (Phi) is 8.01. The molecule has 3 heteroatoms. The smallest absolute Gasteiger partial charge is 0.0534 e. The molecule has 0 bridgehead atoms. The van der Waals surface area contributed by atoms with Crippen LogP contribution in [0.3, 0.4) is 0 Å². The van der Waals surface area contributed by atoms with E-state index in [1.54, 1.807) is 0 Å². The Balaban J connectivity index is 4.28. The minimum Gasteiger partial charge on any atom is -0.380 e. The topological polar surface area (TPSA) is 61.3 Å². The monoisotopic (exact) mass is 244 g/mol. The Bertz CT molecular complexity index is 150. The summed E-state index contributed by atoms with van der Waals surface area (Å²) in [6.07, 6.45) is 4.31. The third-order valence-electron chi connectivity index (χ3n) is 4.68. The quantitative estimate of drug-likeness (QED) is 0.621. The van der Waals surface area contributed by atoms with Crippen molar-refractivity contribution in [2.24, 2.45) is 22.3 Å². The number of nitrogens with two attached hydrogens (primary N) is 2. The largest absolute Gasteiger partial charge is 0.380 e. The molecule has 0 saturated carbocycles. The Labute approximate surface area is 107 Å². The first-order valence-electron chi connectivity index (χ1n) is 7.05. The molecular weight excluding hydrogens is 212 g/mol. The van der Waals surface area contributed by atoms with E-state index in [4.69, 9.17) is 16.2 Å². The van der Waals surface area contributed by atoms with E-state index >= 15 is 0 Å². The average molecular weight is 244 g/mol. The Morgan fingerprint density at radius 2 is 1.00 bits per heavy atom. The second-order valence-corrected chi connectivity index (χ2v) is 5.32. The van der Waals surface area contributed by atoms with Gasteiger partial charge in [-0.3, -0.25) is 0 Å². The van der Waals surface area contributed by atoms with Gasteiger partial charge in [0.25, 0.3) is 0 Å². The van der Waals surface area contributed by atoms with Crippen LogP contribution in [0.2, 0.25) is 0 Å². The predicted molar refractivity (Wildman–Crippen MR) is 75.0 cm³/mol. The summed E-state index contributed by atoms with van der Waals surface area (Å²) in [6, 6.07) is 0. The van der Waals surface area contributed by atoms with Gasteiger partial charge in [-0.2, -0.15) is 0 Å². The Morgan fingerprint density at radius 3 is 1.18 bits per heavy atom. The molecule has 0 atom stereocenters. The lowest BCUT2D eigenvalue weighted by Gasteiger charge is -2.34. The standard InChI is InChI=1S/C14H32N2O/c1-5-13(6-2,9-15)11-17-12-14(7-3,8-4)10-16/h5-12,15-16H2,1-4H3. The maximum atomic E-state index is 5.95. The van der Waals surface area contributed by atoms with Gasteiger partial charge in [0, 0.05) is 23.9 Å². The van der Waals surface area contributed by atoms with Crippen molar-refractivity contribution in [3.8, 4) is 0 Å². The van der Waals surface area contributed by atoms with Crippen molar-refractivity contribution in [1.29, 1.82) is 0 Å². The van der Waals surface area contributed by atoms with Gasteiger partial charge in [-0.15, -0.1) is 0 Å². The molecule has 0 spiro atoms. The van der Waals surface area contributed by atoms with Crippen LogP contribution >= 0.6 is 0 Å². The number of hydrogen-bond acceptors (Lipinski definition) is 3. The second-order valence-electron chi connectivity index (χ2n) is 5.32. The first kappa shape index (κ1) is 16.9. The average Bonchev–Trinajstić information content (AvgIpc) is 2.41. The van der Waals surface area contributed by atoms with Crippen LogP contribution in [0.25, 0.3) is 0 Å². The predicted octanol–water partition coefficient (Wildman–Crippen LogP) is 2.53. The minimum absolute atomic E-state index is 0.155. The van der Waals surface area contributed by atoms with Crippen LogP contribution in [-0.2, 0) is 4.74 Å². The number of rotatable bonds is 10. The van der Waals surface area contributed by atoms with E-state index in [0.29, 0.717) is 13.1 Å². The molecule has 0 aromatic rings. The van der Waals surface area contributed by atoms with Crippen LogP contribution in [0.1, 0.15) is 53.4 Å². The third-order valence-corrected chi connectivity index (χ3v) is 4.68. The van der Waals surface area contributed by atoms with E-state index in [0.717, 1.165) is 38.9 Å². The van der Waals surface area contributed by atoms with Gasteiger partial charge in [-0.1, -0.05) is 27.7 Å². The molecule has 4 N–H and O–H groups in total. The van der Waals surface area contributed by atoms with Crippen molar-refractivity contribution in [2.45, 2.75) is 53.4 Å². The third kappa shape index (κ3) is 4.57. The number of hydrogen-bond donors (Lipinski definition) is 2. The van der Waals surface area contributed by atoms with E-state index in [1.807, 2.05) is 0 Å². The lowest BCUT2D eigenvalue weighted by molar-refractivity contribution is -0.00918. The summed E-state index contributed by atoms with van der Waals surface area (Å²) in [7, 11) is 0. The van der Waals surface area contributed by atoms with Crippen molar-refractivity contribution >= 4 is 0 Å². The summed E-state index contributed by atoms with van der Waals surface area (Å²) in [5.74, 6) is 0. The highest BCUT2D eigenvalue weighted by Gasteiger charge is 2.28. The lowest BCUT2D eigenvalue weighted by atomic mass is 9.82. The molecule has 17 heavy (non-hydrogen) atoms. The maximum Gasteiger partial charge on any atom is 0.0534 e. The molecule has 3 nitrogen and oxygen atoms in total. The normalized spacial score (nSPS) is 13.1. The molecule has 0 aliphatic carbocycles. The first-order valence-corrected chi connectivity index (χ1v) is 7.05. The maximum absolute atomic E-state index is 5.95. The fourth-order valence-electron chi connectivity index (χ4n) is 2.09. The molecule has 0 fully saturated rings. The van der Waals surface area contributed by atoms with E-state index in [-0.39, 0.29) is 10.8 Å². The zero-order valence-corrected chi connectivity index (χ0v) is 12.2. The molecule has 104 valence electrons. The van der Waals surface area contributed by atoms with Crippen LogP contribution in [-0.4, -0.2) is 26.3 Å². The summed E-state index contributed by atoms with van der Waals surface area (Å²) >= 11 is 0. The molecular formula is C14H32N2O. The van der Waals surface area contributed by atoms with E-state index in [2.05, 4.69) is 27.7 Å². The summed E-state index contributed by atoms with van der Waals surface area (Å²) < 4.78 is 5.95. The van der Waals surface area contributed by atoms with Gasteiger partial charge in [0.15, 0.2) is 0 Å². The van der Waals surface area contributed by atoms with Gasteiger partial charge in [-0.05, 0) is 25.7 Å². The van der Waals surface area contributed by atoms with Crippen molar-refractivity contribution < 1.29 is 4.74 Å². The van der Waals surface area contributed by atoms with Gasteiger partial charge in [0.2, 0.25) is 0 Å². The van der Waals surface area contributed by atoms with Gasteiger partial charge in [0.1, 0.15) is 0 Å². The van der Waals surface area contributed by atoms with Gasteiger partial charge < -0.3 is 16.2 Å². The summed E-state index contributed by atoms with van der Waals surface area (Å²) in [6.45, 7) is 11.7.